The van der Waals surface area contributed by atoms with Gasteiger partial charge in [-0.3, -0.25) is 0 Å². The van der Waals surface area contributed by atoms with Crippen LogP contribution in [-0.2, 0) is 19.1 Å². The fourth-order valence-corrected chi connectivity index (χ4v) is 2.20. The van der Waals surface area contributed by atoms with Gasteiger partial charge in [-0.2, -0.15) is 13.2 Å². The Kier molecular flexibility index (Phi) is 3.63. The molecule has 23 heavy (non-hydrogen) atoms. The Morgan fingerprint density at radius 3 is 2.57 bits per heavy atom. The summed E-state index contributed by atoms with van der Waals surface area (Å²) in [5, 5.41) is 0. The molecule has 0 atom stereocenters. The summed E-state index contributed by atoms with van der Waals surface area (Å²) in [4.78, 5) is 10.6. The van der Waals surface area contributed by atoms with E-state index in [4.69, 9.17) is 5.73 Å². The number of nitrogens with two attached hydrogens (primary N) is 1. The van der Waals surface area contributed by atoms with E-state index in [0.29, 0.717) is 5.56 Å². The highest BCUT2D eigenvalue weighted by Gasteiger charge is 2.36. The third kappa shape index (κ3) is 2.94. The molecule has 9 heteroatoms. The predicted octanol–water partition coefficient (Wildman–Crippen LogP) is 2.81. The number of benzene rings is 1. The molecule has 0 saturated heterocycles. The Morgan fingerprint density at radius 1 is 1.13 bits per heavy atom. The first-order valence-electron chi connectivity index (χ1n) is 6.65. The highest BCUT2D eigenvalue weighted by Crippen LogP contribution is 2.29. The second kappa shape index (κ2) is 5.49. The number of nitrogens with zero attached hydrogens (tertiary/aromatic N) is 4. The van der Waals surface area contributed by atoms with Crippen molar-refractivity contribution in [2.45, 2.75) is 19.1 Å². The maximum Gasteiger partial charge on any atom is 0.451 e. The Morgan fingerprint density at radius 2 is 1.87 bits per heavy atom. The number of rotatable bonds is 3. The number of halogens is 4. The van der Waals surface area contributed by atoms with Gasteiger partial charge < -0.3 is 10.3 Å². The first-order chi connectivity index (χ1) is 10.9. The van der Waals surface area contributed by atoms with Crippen molar-refractivity contribution in [2.24, 2.45) is 0 Å². The average Bonchev–Trinajstić information content (AvgIpc) is 2.89. The van der Waals surface area contributed by atoms with Crippen molar-refractivity contribution in [2.75, 3.05) is 5.73 Å². The standard InChI is InChI=1S/C14H11F4N5/c15-9-4-2-1-3-8(9)5-6-23-7-20-10-11(19)21-13(14(16,17)18)22-12(10)23/h1-4,7H,5-6H2,(H2,19,21,22). The third-order valence-corrected chi connectivity index (χ3v) is 3.32. The summed E-state index contributed by atoms with van der Waals surface area (Å²) in [7, 11) is 0. The van der Waals surface area contributed by atoms with Crippen LogP contribution in [0.3, 0.4) is 0 Å². The maximum absolute atomic E-state index is 13.6. The third-order valence-electron chi connectivity index (χ3n) is 3.32. The quantitative estimate of drug-likeness (QED) is 0.752. The fourth-order valence-electron chi connectivity index (χ4n) is 2.20. The van der Waals surface area contributed by atoms with Gasteiger partial charge in [0.15, 0.2) is 11.5 Å². The van der Waals surface area contributed by atoms with E-state index in [0.717, 1.165) is 0 Å². The number of nitrogen functional groups attached to an aromatic ring is 1. The minimum absolute atomic E-state index is 0.0267. The number of fused-ring (bicyclic) bond motifs is 1. The summed E-state index contributed by atoms with van der Waals surface area (Å²) < 4.78 is 53.3. The highest BCUT2D eigenvalue weighted by molar-refractivity contribution is 5.81. The Labute approximate surface area is 127 Å². The minimum Gasteiger partial charge on any atom is -0.382 e. The van der Waals surface area contributed by atoms with Crippen LogP contribution in [0.5, 0.6) is 0 Å². The molecule has 0 amide bonds. The van der Waals surface area contributed by atoms with Crippen molar-refractivity contribution < 1.29 is 17.6 Å². The minimum atomic E-state index is -4.71. The molecule has 0 aliphatic carbocycles. The molecule has 2 aromatic heterocycles. The molecule has 5 nitrogen and oxygen atoms in total. The molecule has 0 bridgehead atoms. The molecule has 3 aromatic rings. The highest BCUT2D eigenvalue weighted by atomic mass is 19.4. The lowest BCUT2D eigenvalue weighted by Gasteiger charge is -2.08. The smallest absolute Gasteiger partial charge is 0.382 e. The second-order valence-corrected chi connectivity index (χ2v) is 4.88. The molecule has 1 aromatic carbocycles. The number of aryl methyl sites for hydroxylation is 2. The van der Waals surface area contributed by atoms with E-state index in [2.05, 4.69) is 15.0 Å². The van der Waals surface area contributed by atoms with Crippen molar-refractivity contribution in [3.63, 3.8) is 0 Å². The molecule has 0 unspecified atom stereocenters. The number of aromatic nitrogens is 4. The summed E-state index contributed by atoms with van der Waals surface area (Å²) in [5.41, 5.74) is 6.03. The van der Waals surface area contributed by atoms with Crippen LogP contribution in [0.15, 0.2) is 30.6 Å². The van der Waals surface area contributed by atoms with Gasteiger partial charge in [0.25, 0.3) is 0 Å². The lowest BCUT2D eigenvalue weighted by molar-refractivity contribution is -0.144. The lowest BCUT2D eigenvalue weighted by Crippen LogP contribution is -2.14. The number of anilines is 1. The van der Waals surface area contributed by atoms with Gasteiger partial charge in [0.2, 0.25) is 5.82 Å². The SMILES string of the molecule is Nc1nc(C(F)(F)F)nc2c1ncn2CCc1ccccc1F. The van der Waals surface area contributed by atoms with Crippen LogP contribution in [0.4, 0.5) is 23.4 Å². The van der Waals surface area contributed by atoms with Crippen LogP contribution in [0.1, 0.15) is 11.4 Å². The van der Waals surface area contributed by atoms with Crippen molar-refractivity contribution >= 4 is 17.0 Å². The van der Waals surface area contributed by atoms with Crippen LogP contribution >= 0.6 is 0 Å². The van der Waals surface area contributed by atoms with Gasteiger partial charge in [0.05, 0.1) is 6.33 Å². The van der Waals surface area contributed by atoms with E-state index < -0.39 is 12.0 Å². The summed E-state index contributed by atoms with van der Waals surface area (Å²) >= 11 is 0. The van der Waals surface area contributed by atoms with E-state index >= 15 is 0 Å². The monoisotopic (exact) mass is 325 g/mol. The molecule has 2 heterocycles. The van der Waals surface area contributed by atoms with Crippen LogP contribution in [-0.4, -0.2) is 19.5 Å². The van der Waals surface area contributed by atoms with Crippen molar-refractivity contribution in [1.29, 1.82) is 0 Å². The lowest BCUT2D eigenvalue weighted by atomic mass is 10.1. The van der Waals surface area contributed by atoms with Crippen molar-refractivity contribution in [1.82, 2.24) is 19.5 Å². The maximum atomic E-state index is 13.6. The molecule has 0 spiro atoms. The van der Waals surface area contributed by atoms with Gasteiger partial charge >= 0.3 is 6.18 Å². The van der Waals surface area contributed by atoms with E-state index in [-0.39, 0.29) is 35.8 Å². The summed E-state index contributed by atoms with van der Waals surface area (Å²) in [5.74, 6) is -2.04. The first-order valence-corrected chi connectivity index (χ1v) is 6.65. The average molecular weight is 325 g/mol. The number of hydrogen-bond acceptors (Lipinski definition) is 4. The Hall–Kier alpha value is -2.71. The van der Waals surface area contributed by atoms with Gasteiger partial charge in [-0.25, -0.2) is 19.3 Å². The second-order valence-electron chi connectivity index (χ2n) is 4.88. The van der Waals surface area contributed by atoms with Crippen molar-refractivity contribution in [3.05, 3.63) is 47.8 Å². The molecular weight excluding hydrogens is 314 g/mol. The molecule has 120 valence electrons. The van der Waals surface area contributed by atoms with Crippen LogP contribution in [0.2, 0.25) is 0 Å². The van der Waals surface area contributed by atoms with E-state index in [1.807, 2.05) is 0 Å². The normalized spacial score (nSPS) is 12.0. The van der Waals surface area contributed by atoms with E-state index in [1.165, 1.54) is 17.0 Å². The van der Waals surface area contributed by atoms with Crippen molar-refractivity contribution in [3.8, 4) is 0 Å². The zero-order valence-electron chi connectivity index (χ0n) is 11.7. The zero-order valence-corrected chi connectivity index (χ0v) is 11.7. The summed E-state index contributed by atoms with van der Waals surface area (Å²) in [6.07, 6.45) is -3.11. The van der Waals surface area contributed by atoms with Gasteiger partial charge in [-0.05, 0) is 18.1 Å². The Balaban J connectivity index is 1.95. The molecule has 0 saturated carbocycles. The topological polar surface area (TPSA) is 69.6 Å². The number of alkyl halides is 3. The van der Waals surface area contributed by atoms with Crippen LogP contribution in [0.25, 0.3) is 11.2 Å². The Bertz CT molecular complexity index is 856. The molecule has 0 fully saturated rings. The van der Waals surface area contributed by atoms with E-state index in [1.54, 1.807) is 18.2 Å². The van der Waals surface area contributed by atoms with E-state index in [9.17, 15) is 17.6 Å². The van der Waals surface area contributed by atoms with Crippen LogP contribution in [0, 0.1) is 5.82 Å². The van der Waals surface area contributed by atoms with Crippen LogP contribution < -0.4 is 5.73 Å². The summed E-state index contributed by atoms with van der Waals surface area (Å²) in [6.45, 7) is 0.213. The molecular formula is C14H11F4N5. The fraction of sp³-hybridized carbons (Fsp3) is 0.214. The molecule has 2 N–H and O–H groups in total. The van der Waals surface area contributed by atoms with Gasteiger partial charge in [0.1, 0.15) is 11.3 Å². The largest absolute Gasteiger partial charge is 0.451 e. The summed E-state index contributed by atoms with van der Waals surface area (Å²) in [6, 6.07) is 6.18. The van der Waals surface area contributed by atoms with Gasteiger partial charge in [0, 0.05) is 6.54 Å². The predicted molar refractivity (Wildman–Crippen MR) is 74.8 cm³/mol. The molecule has 3 rings (SSSR count). The van der Waals surface area contributed by atoms with Gasteiger partial charge in [-0.15, -0.1) is 0 Å². The molecule has 0 radical (unpaired) electrons. The number of imidazole rings is 1. The molecule has 0 aliphatic heterocycles. The zero-order chi connectivity index (χ0) is 16.6. The first kappa shape index (κ1) is 15.2. The van der Waals surface area contributed by atoms with Gasteiger partial charge in [-0.1, -0.05) is 18.2 Å². The molecule has 0 aliphatic rings. The number of hydrogen-bond donors (Lipinski definition) is 1.